The van der Waals surface area contributed by atoms with Gasteiger partial charge in [-0.3, -0.25) is 0 Å². The predicted octanol–water partition coefficient (Wildman–Crippen LogP) is 2.26. The first-order valence-corrected chi connectivity index (χ1v) is 3.40. The Bertz CT molecular complexity index is 118. The summed E-state index contributed by atoms with van der Waals surface area (Å²) in [6, 6.07) is 0. The lowest BCUT2D eigenvalue weighted by atomic mass is 10.0. The van der Waals surface area contributed by atoms with Gasteiger partial charge in [0.25, 0.3) is 0 Å². The number of rotatable bonds is 3. The minimum absolute atomic E-state index is 0.527. The third-order valence-corrected chi connectivity index (χ3v) is 1.22. The van der Waals surface area contributed by atoms with Gasteiger partial charge in [-0.05, 0) is 20.3 Å². The number of ether oxygens (including phenoxy) is 1. The molecular formula is C7H14O3. The van der Waals surface area contributed by atoms with E-state index in [1.807, 2.05) is 6.92 Å². The molecular weight excluding hydrogens is 132 g/mol. The molecule has 0 aliphatic rings. The van der Waals surface area contributed by atoms with Gasteiger partial charge in [0, 0.05) is 0 Å². The molecule has 10 heavy (non-hydrogen) atoms. The van der Waals surface area contributed by atoms with E-state index in [1.54, 1.807) is 13.8 Å². The number of hydrogen-bond donors (Lipinski definition) is 1. The second kappa shape index (κ2) is 3.44. The molecule has 0 unspecified atom stereocenters. The van der Waals surface area contributed by atoms with Gasteiger partial charge in [-0.2, -0.15) is 0 Å². The van der Waals surface area contributed by atoms with Gasteiger partial charge >= 0.3 is 6.16 Å². The fourth-order valence-corrected chi connectivity index (χ4v) is 0.889. The van der Waals surface area contributed by atoms with Gasteiger partial charge in [0.05, 0.1) is 0 Å². The van der Waals surface area contributed by atoms with E-state index in [-0.39, 0.29) is 0 Å². The molecule has 0 amide bonds. The molecule has 60 valence electrons. The summed E-state index contributed by atoms with van der Waals surface area (Å²) in [5, 5.41) is 8.25. The maximum atomic E-state index is 10.1. The van der Waals surface area contributed by atoms with Crippen LogP contribution in [0.4, 0.5) is 4.79 Å². The van der Waals surface area contributed by atoms with Crippen molar-refractivity contribution in [3.63, 3.8) is 0 Å². The van der Waals surface area contributed by atoms with Crippen LogP contribution in [-0.2, 0) is 4.74 Å². The fraction of sp³-hybridized carbons (Fsp3) is 0.857. The van der Waals surface area contributed by atoms with Gasteiger partial charge in [-0.1, -0.05) is 13.3 Å². The van der Waals surface area contributed by atoms with Crippen LogP contribution in [-0.4, -0.2) is 16.9 Å². The molecule has 0 saturated carbocycles. The molecule has 3 heteroatoms. The van der Waals surface area contributed by atoms with Crippen LogP contribution in [0, 0.1) is 0 Å². The van der Waals surface area contributed by atoms with Crippen LogP contribution in [0.3, 0.4) is 0 Å². The molecule has 0 fully saturated rings. The van der Waals surface area contributed by atoms with E-state index in [4.69, 9.17) is 5.11 Å². The van der Waals surface area contributed by atoms with Crippen LogP contribution in [0.5, 0.6) is 0 Å². The molecule has 0 aliphatic heterocycles. The number of hydrogen-bond acceptors (Lipinski definition) is 2. The highest BCUT2D eigenvalue weighted by atomic mass is 16.7. The van der Waals surface area contributed by atoms with Crippen molar-refractivity contribution in [1.29, 1.82) is 0 Å². The van der Waals surface area contributed by atoms with Crippen molar-refractivity contribution >= 4 is 6.16 Å². The first kappa shape index (κ1) is 9.27. The van der Waals surface area contributed by atoms with Gasteiger partial charge in [-0.15, -0.1) is 0 Å². The lowest BCUT2D eigenvalue weighted by Gasteiger charge is -2.21. The van der Waals surface area contributed by atoms with Crippen molar-refractivity contribution in [3.05, 3.63) is 0 Å². The Labute approximate surface area is 61.0 Å². The minimum Gasteiger partial charge on any atom is -0.450 e. The largest absolute Gasteiger partial charge is 0.506 e. The van der Waals surface area contributed by atoms with Crippen molar-refractivity contribution in [2.45, 2.75) is 39.2 Å². The van der Waals surface area contributed by atoms with Crippen molar-refractivity contribution in [3.8, 4) is 0 Å². The molecule has 0 heterocycles. The fourth-order valence-electron chi connectivity index (χ4n) is 0.889. The quantitative estimate of drug-likeness (QED) is 0.621. The molecule has 0 rings (SSSR count). The number of carbonyl (C=O) groups is 1. The van der Waals surface area contributed by atoms with Crippen molar-refractivity contribution in [2.75, 3.05) is 0 Å². The van der Waals surface area contributed by atoms with E-state index in [0.717, 1.165) is 12.8 Å². The highest BCUT2D eigenvalue weighted by Crippen LogP contribution is 2.15. The van der Waals surface area contributed by atoms with Crippen molar-refractivity contribution in [1.82, 2.24) is 0 Å². The molecule has 0 atom stereocenters. The van der Waals surface area contributed by atoms with Gasteiger partial charge in [-0.25, -0.2) is 4.79 Å². The Morgan fingerprint density at radius 2 is 2.10 bits per heavy atom. The highest BCUT2D eigenvalue weighted by molar-refractivity contribution is 5.57. The van der Waals surface area contributed by atoms with Crippen molar-refractivity contribution in [2.24, 2.45) is 0 Å². The van der Waals surface area contributed by atoms with Crippen LogP contribution >= 0.6 is 0 Å². The zero-order valence-corrected chi connectivity index (χ0v) is 6.68. The summed E-state index contributed by atoms with van der Waals surface area (Å²) in [5.41, 5.74) is -0.527. The summed E-state index contributed by atoms with van der Waals surface area (Å²) in [4.78, 5) is 10.1. The smallest absolute Gasteiger partial charge is 0.450 e. The maximum Gasteiger partial charge on any atom is 0.506 e. The monoisotopic (exact) mass is 146 g/mol. The maximum absolute atomic E-state index is 10.1. The van der Waals surface area contributed by atoms with Crippen LogP contribution < -0.4 is 0 Å². The molecule has 0 aromatic rings. The summed E-state index contributed by atoms with van der Waals surface area (Å²) < 4.78 is 4.59. The molecule has 0 aromatic heterocycles. The predicted molar refractivity (Wildman–Crippen MR) is 38.1 cm³/mol. The second-order valence-corrected chi connectivity index (χ2v) is 2.88. The summed E-state index contributed by atoms with van der Waals surface area (Å²) in [5.74, 6) is 0. The van der Waals surface area contributed by atoms with E-state index >= 15 is 0 Å². The summed E-state index contributed by atoms with van der Waals surface area (Å²) in [6.45, 7) is 5.53. The molecule has 3 nitrogen and oxygen atoms in total. The van der Waals surface area contributed by atoms with Crippen molar-refractivity contribution < 1.29 is 14.6 Å². The molecule has 0 aromatic carbocycles. The molecule has 0 saturated heterocycles. The molecule has 0 spiro atoms. The molecule has 0 aliphatic carbocycles. The number of carboxylic acid groups (broad SMARTS) is 1. The third kappa shape index (κ3) is 4.18. The summed E-state index contributed by atoms with van der Waals surface area (Å²) in [6.07, 6.45) is 0.498. The Morgan fingerprint density at radius 1 is 1.60 bits per heavy atom. The van der Waals surface area contributed by atoms with E-state index < -0.39 is 11.8 Å². The van der Waals surface area contributed by atoms with Gasteiger partial charge in [0.2, 0.25) is 0 Å². The Morgan fingerprint density at radius 3 is 2.40 bits per heavy atom. The van der Waals surface area contributed by atoms with E-state index in [0.29, 0.717) is 0 Å². The van der Waals surface area contributed by atoms with Gasteiger partial charge in [0.1, 0.15) is 5.60 Å². The average molecular weight is 146 g/mol. The van der Waals surface area contributed by atoms with Gasteiger partial charge < -0.3 is 9.84 Å². The zero-order chi connectivity index (χ0) is 8.20. The Kier molecular flexibility index (Phi) is 3.19. The normalized spacial score (nSPS) is 11.1. The minimum atomic E-state index is -1.20. The SMILES string of the molecule is CCCC(C)(C)OC(=O)O. The van der Waals surface area contributed by atoms with Crippen LogP contribution in [0.1, 0.15) is 33.6 Å². The van der Waals surface area contributed by atoms with E-state index in [1.165, 1.54) is 0 Å². The average Bonchev–Trinajstić information content (AvgIpc) is 1.59. The van der Waals surface area contributed by atoms with E-state index in [2.05, 4.69) is 4.74 Å². The zero-order valence-electron chi connectivity index (χ0n) is 6.68. The molecule has 0 bridgehead atoms. The highest BCUT2D eigenvalue weighted by Gasteiger charge is 2.20. The Balaban J connectivity index is 3.74. The van der Waals surface area contributed by atoms with Crippen LogP contribution in [0.15, 0.2) is 0 Å². The standard InChI is InChI=1S/C7H14O3/c1-4-5-7(2,3)10-6(8)9/h4-5H2,1-3H3,(H,8,9). The topological polar surface area (TPSA) is 46.5 Å². The lowest BCUT2D eigenvalue weighted by molar-refractivity contribution is -0.00125. The first-order valence-electron chi connectivity index (χ1n) is 3.40. The van der Waals surface area contributed by atoms with Gasteiger partial charge in [0.15, 0.2) is 0 Å². The molecule has 1 N–H and O–H groups in total. The van der Waals surface area contributed by atoms with Crippen LogP contribution in [0.2, 0.25) is 0 Å². The third-order valence-electron chi connectivity index (χ3n) is 1.22. The van der Waals surface area contributed by atoms with E-state index in [9.17, 15) is 4.79 Å². The summed E-state index contributed by atoms with van der Waals surface area (Å²) >= 11 is 0. The Hall–Kier alpha value is -0.730. The first-order chi connectivity index (χ1) is 4.48. The molecule has 0 radical (unpaired) electrons. The summed E-state index contributed by atoms with van der Waals surface area (Å²) in [7, 11) is 0. The second-order valence-electron chi connectivity index (χ2n) is 2.88. The lowest BCUT2D eigenvalue weighted by Crippen LogP contribution is -2.26. The van der Waals surface area contributed by atoms with Crippen LogP contribution in [0.25, 0.3) is 0 Å².